The highest BCUT2D eigenvalue weighted by atomic mass is 35.5. The smallest absolute Gasteiger partial charge is 0.372 e. The Morgan fingerprint density at radius 3 is 2.69 bits per heavy atom. The molecule has 0 bridgehead atoms. The number of pyridine rings is 1. The van der Waals surface area contributed by atoms with Crippen LogP contribution in [-0.4, -0.2) is 12.6 Å². The number of hydrogen-bond acceptors (Lipinski definition) is 2. The highest BCUT2D eigenvalue weighted by Crippen LogP contribution is 2.01. The molecule has 0 saturated heterocycles. The van der Waals surface area contributed by atoms with Gasteiger partial charge >= 0.3 is 5.97 Å². The Balaban J connectivity index is 2.54. The van der Waals surface area contributed by atoms with Gasteiger partial charge in [-0.2, -0.15) is 4.57 Å². The van der Waals surface area contributed by atoms with Crippen molar-refractivity contribution in [3.8, 4) is 0 Å². The normalized spacial score (nSPS) is 9.69. The molecular weight excluding hydrogens is 190 g/mol. The quantitative estimate of drug-likeness (QED) is 0.542. The van der Waals surface area contributed by atoms with Crippen LogP contribution < -0.4 is 4.57 Å². The number of rotatable bonds is 3. The molecule has 1 heterocycles. The van der Waals surface area contributed by atoms with Gasteiger partial charge in [-0.15, -0.1) is 0 Å². The summed E-state index contributed by atoms with van der Waals surface area (Å²) in [5, 5.41) is 0.653. The van der Waals surface area contributed by atoms with E-state index in [-0.39, 0.29) is 12.5 Å². The number of halogens is 1. The van der Waals surface area contributed by atoms with E-state index in [1.807, 2.05) is 0 Å². The van der Waals surface area contributed by atoms with Crippen molar-refractivity contribution in [1.29, 1.82) is 0 Å². The van der Waals surface area contributed by atoms with Crippen LogP contribution in [0.25, 0.3) is 0 Å². The Kier molecular flexibility index (Phi) is 3.71. The van der Waals surface area contributed by atoms with Crippen LogP contribution in [0.4, 0.5) is 0 Å². The van der Waals surface area contributed by atoms with Gasteiger partial charge in [0, 0.05) is 12.1 Å². The lowest BCUT2D eigenvalue weighted by molar-refractivity contribution is -0.685. The number of carbonyl (C=O) groups excluding carboxylic acids is 1. The van der Waals surface area contributed by atoms with Crippen LogP contribution in [0.2, 0.25) is 5.02 Å². The Labute approximate surface area is 81.9 Å². The second-order valence-corrected chi connectivity index (χ2v) is 2.93. The predicted molar refractivity (Wildman–Crippen MR) is 48.3 cm³/mol. The summed E-state index contributed by atoms with van der Waals surface area (Å²) in [5.74, 6) is -0.241. The topological polar surface area (TPSA) is 30.2 Å². The summed E-state index contributed by atoms with van der Waals surface area (Å²) in [6.07, 6.45) is 3.47. The van der Waals surface area contributed by atoms with Gasteiger partial charge in [0.25, 0.3) is 0 Å². The molecule has 1 aromatic rings. The lowest BCUT2D eigenvalue weighted by Gasteiger charge is -1.97. The first-order chi connectivity index (χ1) is 6.22. The van der Waals surface area contributed by atoms with Crippen LogP contribution in [0, 0.1) is 0 Å². The maximum Gasteiger partial charge on any atom is 0.372 e. The highest BCUT2D eigenvalue weighted by molar-refractivity contribution is 6.30. The SMILES string of the molecule is CCOC(=O)C[n+]1ccc(Cl)cc1. The monoisotopic (exact) mass is 200 g/mol. The second-order valence-electron chi connectivity index (χ2n) is 2.49. The predicted octanol–water partition coefficient (Wildman–Crippen LogP) is 1.19. The molecule has 70 valence electrons. The van der Waals surface area contributed by atoms with Crippen LogP contribution in [0.1, 0.15) is 6.92 Å². The molecule has 0 unspecified atom stereocenters. The lowest BCUT2D eigenvalue weighted by Crippen LogP contribution is -2.37. The third kappa shape index (κ3) is 3.42. The van der Waals surface area contributed by atoms with E-state index < -0.39 is 0 Å². The number of hydrogen-bond donors (Lipinski definition) is 0. The van der Waals surface area contributed by atoms with Crippen molar-refractivity contribution < 1.29 is 14.1 Å². The molecule has 0 N–H and O–H groups in total. The third-order valence-electron chi connectivity index (χ3n) is 1.47. The van der Waals surface area contributed by atoms with Crippen molar-refractivity contribution in [2.45, 2.75) is 13.5 Å². The van der Waals surface area contributed by atoms with E-state index >= 15 is 0 Å². The van der Waals surface area contributed by atoms with E-state index in [0.29, 0.717) is 11.6 Å². The van der Waals surface area contributed by atoms with Crippen LogP contribution >= 0.6 is 11.6 Å². The zero-order valence-electron chi connectivity index (χ0n) is 7.37. The molecule has 0 fully saturated rings. The van der Waals surface area contributed by atoms with Crippen LogP contribution in [0.5, 0.6) is 0 Å². The fraction of sp³-hybridized carbons (Fsp3) is 0.333. The molecule has 4 heteroatoms. The van der Waals surface area contributed by atoms with Crippen molar-refractivity contribution >= 4 is 17.6 Å². The summed E-state index contributed by atoms with van der Waals surface area (Å²) in [7, 11) is 0. The van der Waals surface area contributed by atoms with Crippen molar-refractivity contribution in [1.82, 2.24) is 0 Å². The number of carbonyl (C=O) groups is 1. The maximum absolute atomic E-state index is 11.0. The zero-order valence-corrected chi connectivity index (χ0v) is 8.12. The highest BCUT2D eigenvalue weighted by Gasteiger charge is 2.08. The van der Waals surface area contributed by atoms with Gasteiger partial charge in [-0.25, -0.2) is 4.79 Å². The number of esters is 1. The van der Waals surface area contributed by atoms with E-state index in [1.165, 1.54) is 0 Å². The van der Waals surface area contributed by atoms with Gasteiger partial charge in [-0.1, -0.05) is 11.6 Å². The van der Waals surface area contributed by atoms with Gasteiger partial charge < -0.3 is 4.74 Å². The van der Waals surface area contributed by atoms with E-state index in [2.05, 4.69) is 0 Å². The summed E-state index contributed by atoms with van der Waals surface area (Å²) < 4.78 is 6.50. The molecular formula is C9H11ClNO2+. The van der Waals surface area contributed by atoms with E-state index in [4.69, 9.17) is 16.3 Å². The van der Waals surface area contributed by atoms with Gasteiger partial charge in [-0.3, -0.25) is 0 Å². The lowest BCUT2D eigenvalue weighted by atomic mass is 10.4. The van der Waals surface area contributed by atoms with Crippen LogP contribution in [0.15, 0.2) is 24.5 Å². The minimum atomic E-state index is -0.241. The minimum Gasteiger partial charge on any atom is -0.461 e. The summed E-state index contributed by atoms with van der Waals surface area (Å²) >= 11 is 5.68. The molecule has 0 aromatic carbocycles. The van der Waals surface area contributed by atoms with Gasteiger partial charge in [0.1, 0.15) is 0 Å². The minimum absolute atomic E-state index is 0.227. The first-order valence-corrected chi connectivity index (χ1v) is 4.40. The largest absolute Gasteiger partial charge is 0.461 e. The van der Waals surface area contributed by atoms with Gasteiger partial charge in [0.2, 0.25) is 6.54 Å². The fourth-order valence-electron chi connectivity index (χ4n) is 0.900. The van der Waals surface area contributed by atoms with Crippen molar-refractivity contribution in [2.24, 2.45) is 0 Å². The first kappa shape index (κ1) is 9.99. The Morgan fingerprint density at radius 1 is 1.54 bits per heavy atom. The molecule has 0 aliphatic carbocycles. The van der Waals surface area contributed by atoms with Gasteiger partial charge in [0.05, 0.1) is 11.6 Å². The number of ether oxygens (including phenoxy) is 1. The van der Waals surface area contributed by atoms with Crippen molar-refractivity contribution in [3.63, 3.8) is 0 Å². The Hall–Kier alpha value is -1.09. The molecule has 0 radical (unpaired) electrons. The first-order valence-electron chi connectivity index (χ1n) is 4.02. The summed E-state index contributed by atoms with van der Waals surface area (Å²) in [6.45, 7) is 2.42. The molecule has 1 aromatic heterocycles. The molecule has 0 saturated carbocycles. The molecule has 3 nitrogen and oxygen atoms in total. The van der Waals surface area contributed by atoms with Crippen molar-refractivity contribution in [2.75, 3.05) is 6.61 Å². The molecule has 1 rings (SSSR count). The van der Waals surface area contributed by atoms with E-state index in [0.717, 1.165) is 0 Å². The molecule has 0 aliphatic heterocycles. The van der Waals surface area contributed by atoms with Crippen LogP contribution in [0.3, 0.4) is 0 Å². The zero-order chi connectivity index (χ0) is 9.68. The average molecular weight is 201 g/mol. The standard InChI is InChI=1S/C9H11ClNO2/c1-2-13-9(12)7-11-5-3-8(10)4-6-11/h3-6H,2,7H2,1H3/q+1. The van der Waals surface area contributed by atoms with Gasteiger partial charge in [0.15, 0.2) is 12.4 Å². The molecule has 13 heavy (non-hydrogen) atoms. The Morgan fingerprint density at radius 2 is 2.15 bits per heavy atom. The molecule has 0 spiro atoms. The van der Waals surface area contributed by atoms with Crippen LogP contribution in [-0.2, 0) is 16.1 Å². The van der Waals surface area contributed by atoms with Crippen molar-refractivity contribution in [3.05, 3.63) is 29.5 Å². The Bertz CT molecular complexity index is 284. The fourth-order valence-corrected chi connectivity index (χ4v) is 1.01. The molecule has 0 atom stereocenters. The van der Waals surface area contributed by atoms with Gasteiger partial charge in [-0.05, 0) is 6.92 Å². The second kappa shape index (κ2) is 4.82. The summed E-state index contributed by atoms with van der Waals surface area (Å²) in [5.41, 5.74) is 0. The van der Waals surface area contributed by atoms with E-state index in [1.54, 1.807) is 36.0 Å². The van der Waals surface area contributed by atoms with E-state index in [9.17, 15) is 4.79 Å². The maximum atomic E-state index is 11.0. The third-order valence-corrected chi connectivity index (χ3v) is 1.72. The summed E-state index contributed by atoms with van der Waals surface area (Å²) in [6, 6.07) is 3.45. The average Bonchev–Trinajstić information content (AvgIpc) is 2.09. The number of aromatic nitrogens is 1. The number of nitrogens with zero attached hydrogens (tertiary/aromatic N) is 1. The molecule has 0 aliphatic rings. The summed E-state index contributed by atoms with van der Waals surface area (Å²) in [4.78, 5) is 11.0. The molecule has 0 amide bonds.